The van der Waals surface area contributed by atoms with Crippen molar-refractivity contribution in [3.8, 4) is 5.75 Å². The maximum absolute atomic E-state index is 13.5. The highest BCUT2D eigenvalue weighted by Gasteiger charge is 2.42. The summed E-state index contributed by atoms with van der Waals surface area (Å²) in [5.41, 5.74) is 2.07. The maximum Gasteiger partial charge on any atom is 0.278 e. The molecule has 6 nitrogen and oxygen atoms in total. The van der Waals surface area contributed by atoms with Crippen molar-refractivity contribution in [3.63, 3.8) is 0 Å². The van der Waals surface area contributed by atoms with E-state index >= 15 is 0 Å². The second-order valence-corrected chi connectivity index (χ2v) is 8.56. The van der Waals surface area contributed by atoms with Crippen LogP contribution in [0.4, 0.5) is 4.39 Å². The molecular formula is C26H29FN2O4. The number of hydrogen-bond acceptors (Lipinski definition) is 5. The molecule has 1 atom stereocenters. The number of aliphatic hydroxyl groups excluding tert-OH is 1. The average Bonchev–Trinajstić information content (AvgIpc) is 3.09. The largest absolute Gasteiger partial charge is 0.494 e. The van der Waals surface area contributed by atoms with Crippen LogP contribution in [-0.2, 0) is 16.1 Å². The summed E-state index contributed by atoms with van der Waals surface area (Å²) in [5.74, 6) is -0.324. The van der Waals surface area contributed by atoms with Crippen molar-refractivity contribution in [2.45, 2.75) is 32.7 Å². The van der Waals surface area contributed by atoms with Crippen LogP contribution in [0.1, 0.15) is 37.3 Å². The van der Waals surface area contributed by atoms with E-state index in [1.807, 2.05) is 24.0 Å². The Morgan fingerprint density at radius 3 is 2.45 bits per heavy atom. The van der Waals surface area contributed by atoms with Crippen LogP contribution in [-0.4, -0.2) is 53.0 Å². The van der Waals surface area contributed by atoms with Crippen LogP contribution in [0.15, 0.2) is 54.2 Å². The van der Waals surface area contributed by atoms with E-state index in [0.717, 1.165) is 19.3 Å². The number of amides is 2. The topological polar surface area (TPSA) is 70.1 Å². The number of benzene rings is 2. The van der Waals surface area contributed by atoms with Crippen LogP contribution >= 0.6 is 0 Å². The summed E-state index contributed by atoms with van der Waals surface area (Å²) in [4.78, 5) is 30.2. The molecular weight excluding hydrogens is 423 g/mol. The van der Waals surface area contributed by atoms with Gasteiger partial charge in [0.15, 0.2) is 0 Å². The summed E-state index contributed by atoms with van der Waals surface area (Å²) in [7, 11) is 0. The standard InChI is InChI=1S/C26H29FN2O4/c1-2-14-33-22-11-7-20(8-12-22)23-24(28-13-3-4-19(15-28)17-30)26(32)29(25(23)31)16-18-5-9-21(27)10-6-18/h5-12,19,30H,2-4,13-17H2,1H3. The number of piperidine rings is 1. The van der Waals surface area contributed by atoms with Crippen LogP contribution in [0.2, 0.25) is 0 Å². The number of likely N-dealkylation sites (tertiary alicyclic amines) is 1. The minimum Gasteiger partial charge on any atom is -0.494 e. The Bertz CT molecular complexity index is 1030. The molecule has 0 radical (unpaired) electrons. The Balaban J connectivity index is 1.68. The summed E-state index contributed by atoms with van der Waals surface area (Å²) in [5, 5.41) is 9.67. The van der Waals surface area contributed by atoms with E-state index in [9.17, 15) is 19.1 Å². The molecule has 0 aliphatic carbocycles. The number of aliphatic hydroxyl groups is 1. The number of imide groups is 1. The average molecular weight is 453 g/mol. The lowest BCUT2D eigenvalue weighted by atomic mass is 9.97. The third-order valence-electron chi connectivity index (χ3n) is 6.11. The molecule has 2 aromatic rings. The molecule has 1 unspecified atom stereocenters. The second kappa shape index (κ2) is 10.2. The Morgan fingerprint density at radius 1 is 1.06 bits per heavy atom. The van der Waals surface area contributed by atoms with Gasteiger partial charge in [-0.3, -0.25) is 14.5 Å². The lowest BCUT2D eigenvalue weighted by molar-refractivity contribution is -0.138. The summed E-state index contributed by atoms with van der Waals surface area (Å²) in [6.45, 7) is 3.92. The zero-order valence-electron chi connectivity index (χ0n) is 18.8. The van der Waals surface area contributed by atoms with Gasteiger partial charge in [0.05, 0.1) is 18.7 Å². The molecule has 0 bridgehead atoms. The van der Waals surface area contributed by atoms with Gasteiger partial charge >= 0.3 is 0 Å². The van der Waals surface area contributed by atoms with Gasteiger partial charge in [-0.1, -0.05) is 31.2 Å². The summed E-state index contributed by atoms with van der Waals surface area (Å²) in [6, 6.07) is 13.0. The number of hydrogen-bond donors (Lipinski definition) is 1. The molecule has 0 saturated carbocycles. The molecule has 33 heavy (non-hydrogen) atoms. The highest BCUT2D eigenvalue weighted by molar-refractivity contribution is 6.35. The summed E-state index contributed by atoms with van der Waals surface area (Å²) < 4.78 is 19.0. The van der Waals surface area contributed by atoms with Gasteiger partial charge in [0.25, 0.3) is 11.8 Å². The molecule has 1 N–H and O–H groups in total. The Kier molecular flexibility index (Phi) is 7.08. The molecule has 2 amide bonds. The Morgan fingerprint density at radius 2 is 1.79 bits per heavy atom. The second-order valence-electron chi connectivity index (χ2n) is 8.56. The Hall–Kier alpha value is -3.19. The van der Waals surface area contributed by atoms with Gasteiger partial charge in [-0.15, -0.1) is 0 Å². The van der Waals surface area contributed by atoms with Gasteiger partial charge < -0.3 is 14.7 Å². The zero-order chi connectivity index (χ0) is 23.4. The van der Waals surface area contributed by atoms with Gasteiger partial charge in [-0.2, -0.15) is 0 Å². The molecule has 4 rings (SSSR count). The minimum absolute atomic E-state index is 0.0456. The van der Waals surface area contributed by atoms with E-state index in [0.29, 0.717) is 47.8 Å². The molecule has 174 valence electrons. The van der Waals surface area contributed by atoms with Gasteiger partial charge in [0.2, 0.25) is 0 Å². The van der Waals surface area contributed by atoms with Crippen LogP contribution in [0.5, 0.6) is 5.75 Å². The van der Waals surface area contributed by atoms with Crippen LogP contribution in [0, 0.1) is 11.7 Å². The lowest BCUT2D eigenvalue weighted by Crippen LogP contribution is -2.40. The van der Waals surface area contributed by atoms with Crippen molar-refractivity contribution in [2.75, 3.05) is 26.3 Å². The SMILES string of the molecule is CCCOc1ccc(C2=C(N3CCCC(CO)C3)C(=O)N(Cc3ccc(F)cc3)C2=O)cc1. The normalized spacial score (nSPS) is 18.9. The van der Waals surface area contributed by atoms with Crippen molar-refractivity contribution in [1.82, 2.24) is 9.80 Å². The monoisotopic (exact) mass is 452 g/mol. The van der Waals surface area contributed by atoms with E-state index in [-0.39, 0.29) is 36.7 Å². The number of ether oxygens (including phenoxy) is 1. The van der Waals surface area contributed by atoms with Crippen molar-refractivity contribution in [1.29, 1.82) is 0 Å². The smallest absolute Gasteiger partial charge is 0.278 e. The van der Waals surface area contributed by atoms with E-state index < -0.39 is 0 Å². The molecule has 2 heterocycles. The fourth-order valence-electron chi connectivity index (χ4n) is 4.39. The molecule has 1 saturated heterocycles. The van der Waals surface area contributed by atoms with Crippen molar-refractivity contribution >= 4 is 17.4 Å². The summed E-state index contributed by atoms with van der Waals surface area (Å²) >= 11 is 0. The first-order chi connectivity index (χ1) is 16.0. The highest BCUT2D eigenvalue weighted by atomic mass is 19.1. The van der Waals surface area contributed by atoms with Crippen LogP contribution < -0.4 is 4.74 Å². The third-order valence-corrected chi connectivity index (χ3v) is 6.11. The maximum atomic E-state index is 13.5. The van der Waals surface area contributed by atoms with E-state index in [2.05, 4.69) is 0 Å². The molecule has 1 fully saturated rings. The van der Waals surface area contributed by atoms with Gasteiger partial charge in [-0.25, -0.2) is 4.39 Å². The van der Waals surface area contributed by atoms with E-state index in [1.165, 1.54) is 17.0 Å². The van der Waals surface area contributed by atoms with E-state index in [1.54, 1.807) is 24.3 Å². The first-order valence-corrected chi connectivity index (χ1v) is 11.5. The zero-order valence-corrected chi connectivity index (χ0v) is 18.8. The first kappa shape index (κ1) is 23.0. The quantitative estimate of drug-likeness (QED) is 0.620. The molecule has 2 aliphatic heterocycles. The predicted octanol–water partition coefficient (Wildman–Crippen LogP) is 3.60. The van der Waals surface area contributed by atoms with Crippen LogP contribution in [0.3, 0.4) is 0 Å². The van der Waals surface area contributed by atoms with Crippen molar-refractivity contribution < 1.29 is 23.8 Å². The number of carbonyl (C=O) groups is 2. The van der Waals surface area contributed by atoms with Gasteiger partial charge in [0.1, 0.15) is 17.3 Å². The number of carbonyl (C=O) groups excluding carboxylic acids is 2. The van der Waals surface area contributed by atoms with Crippen molar-refractivity contribution in [3.05, 3.63) is 71.2 Å². The molecule has 2 aliphatic rings. The predicted molar refractivity (Wildman–Crippen MR) is 122 cm³/mol. The number of nitrogens with zero attached hydrogens (tertiary/aromatic N) is 2. The molecule has 0 spiro atoms. The van der Waals surface area contributed by atoms with Gasteiger partial charge in [-0.05, 0) is 60.6 Å². The van der Waals surface area contributed by atoms with Crippen LogP contribution in [0.25, 0.3) is 5.57 Å². The molecule has 2 aromatic carbocycles. The van der Waals surface area contributed by atoms with Crippen molar-refractivity contribution in [2.24, 2.45) is 5.92 Å². The van der Waals surface area contributed by atoms with Gasteiger partial charge in [0, 0.05) is 19.7 Å². The number of halogens is 1. The van der Waals surface area contributed by atoms with E-state index in [4.69, 9.17) is 4.74 Å². The lowest BCUT2D eigenvalue weighted by Gasteiger charge is -2.34. The Labute approximate surface area is 193 Å². The fourth-order valence-corrected chi connectivity index (χ4v) is 4.39. The minimum atomic E-state index is -0.369. The molecule has 0 aromatic heterocycles. The molecule has 7 heteroatoms. The highest BCUT2D eigenvalue weighted by Crippen LogP contribution is 2.35. The number of rotatable bonds is 8. The fraction of sp³-hybridized carbons (Fsp3) is 0.385. The first-order valence-electron chi connectivity index (χ1n) is 11.5. The third kappa shape index (κ3) is 4.93. The summed E-state index contributed by atoms with van der Waals surface area (Å²) in [6.07, 6.45) is 2.62.